The number of anilines is 3. The number of nitrogens with zero attached hydrogens (tertiary/aromatic N) is 3. The number of hydrogen-bond acceptors (Lipinski definition) is 3. The Hall–Kier alpha value is -3.40. The Morgan fingerprint density at radius 1 is 0.583 bits per heavy atom. The summed E-state index contributed by atoms with van der Waals surface area (Å²) in [5, 5.41) is 9.26. The lowest BCUT2D eigenvalue weighted by molar-refractivity contribution is 0.940. The van der Waals surface area contributed by atoms with Gasteiger partial charge in [0.2, 0.25) is 0 Å². The molecule has 1 heterocycles. The molecule has 0 aliphatic heterocycles. The van der Waals surface area contributed by atoms with E-state index in [1.807, 2.05) is 18.2 Å². The van der Waals surface area contributed by atoms with Gasteiger partial charge in [0.15, 0.2) is 0 Å². The van der Waals surface area contributed by atoms with Crippen molar-refractivity contribution in [3.8, 4) is 0 Å². The number of hydrogen-bond donors (Lipinski definition) is 1. The molecule has 118 valence electrons. The normalized spacial score (nSPS) is 9.67. The Balaban J connectivity index is 0.000000290. The van der Waals surface area contributed by atoms with Gasteiger partial charge in [-0.15, -0.1) is 5.10 Å². The molecule has 0 saturated carbocycles. The van der Waals surface area contributed by atoms with Crippen LogP contribution in [-0.2, 0) is 0 Å². The van der Waals surface area contributed by atoms with E-state index < -0.39 is 0 Å². The summed E-state index contributed by atoms with van der Waals surface area (Å²) in [5.41, 5.74) is 3.50. The van der Waals surface area contributed by atoms with Crippen molar-refractivity contribution >= 4 is 17.1 Å². The zero-order chi connectivity index (χ0) is 16.5. The molecule has 0 saturated heterocycles. The van der Waals surface area contributed by atoms with Crippen molar-refractivity contribution in [3.05, 3.63) is 103 Å². The molecule has 4 heteroatoms. The second-order valence-electron chi connectivity index (χ2n) is 5.00. The SMILES string of the molecule is c1c[nH]nn1.c1ccc(N(c2ccccc2)c2ccccc2)cc1. The van der Waals surface area contributed by atoms with E-state index in [0.29, 0.717) is 0 Å². The Morgan fingerprint density at radius 2 is 1.00 bits per heavy atom. The van der Waals surface area contributed by atoms with Crippen molar-refractivity contribution in [3.63, 3.8) is 0 Å². The van der Waals surface area contributed by atoms with Crippen LogP contribution in [0.15, 0.2) is 103 Å². The molecule has 0 amide bonds. The van der Waals surface area contributed by atoms with Crippen molar-refractivity contribution < 1.29 is 0 Å². The number of para-hydroxylation sites is 3. The summed E-state index contributed by atoms with van der Waals surface area (Å²) >= 11 is 0. The van der Waals surface area contributed by atoms with Crippen molar-refractivity contribution in [2.75, 3.05) is 4.90 Å². The van der Waals surface area contributed by atoms with Crippen LogP contribution in [0, 0.1) is 0 Å². The van der Waals surface area contributed by atoms with Crippen LogP contribution in [0.1, 0.15) is 0 Å². The van der Waals surface area contributed by atoms with Crippen LogP contribution < -0.4 is 4.90 Å². The Labute approximate surface area is 141 Å². The van der Waals surface area contributed by atoms with Crippen molar-refractivity contribution in [2.24, 2.45) is 0 Å². The van der Waals surface area contributed by atoms with Gasteiger partial charge in [0.05, 0.1) is 6.20 Å². The van der Waals surface area contributed by atoms with Crippen LogP contribution >= 0.6 is 0 Å². The Bertz CT molecular complexity index is 689. The molecule has 4 nitrogen and oxygen atoms in total. The zero-order valence-corrected chi connectivity index (χ0v) is 13.2. The van der Waals surface area contributed by atoms with Crippen LogP contribution in [-0.4, -0.2) is 15.4 Å². The van der Waals surface area contributed by atoms with Gasteiger partial charge in [-0.2, -0.15) is 0 Å². The van der Waals surface area contributed by atoms with E-state index in [4.69, 9.17) is 0 Å². The lowest BCUT2D eigenvalue weighted by Gasteiger charge is -2.25. The fraction of sp³-hybridized carbons (Fsp3) is 0. The Kier molecular flexibility index (Phi) is 5.35. The monoisotopic (exact) mass is 314 g/mol. The fourth-order valence-corrected chi connectivity index (χ4v) is 2.35. The smallest absolute Gasteiger partial charge is 0.0690 e. The lowest BCUT2D eigenvalue weighted by atomic mass is 10.2. The highest BCUT2D eigenvalue weighted by Gasteiger charge is 2.10. The predicted molar refractivity (Wildman–Crippen MR) is 97.5 cm³/mol. The van der Waals surface area contributed by atoms with Gasteiger partial charge in [0, 0.05) is 23.3 Å². The number of nitrogens with one attached hydrogen (secondary N) is 1. The molecule has 24 heavy (non-hydrogen) atoms. The molecular weight excluding hydrogens is 296 g/mol. The van der Waals surface area contributed by atoms with E-state index in [2.05, 4.69) is 93.1 Å². The van der Waals surface area contributed by atoms with E-state index >= 15 is 0 Å². The molecule has 1 aromatic heterocycles. The first-order valence-corrected chi connectivity index (χ1v) is 7.71. The quantitative estimate of drug-likeness (QED) is 0.581. The molecule has 0 fully saturated rings. The molecule has 0 spiro atoms. The maximum Gasteiger partial charge on any atom is 0.0690 e. The molecule has 4 rings (SSSR count). The highest BCUT2D eigenvalue weighted by atomic mass is 15.3. The highest BCUT2D eigenvalue weighted by Crippen LogP contribution is 2.33. The Morgan fingerprint density at radius 3 is 1.25 bits per heavy atom. The van der Waals surface area contributed by atoms with Crippen LogP contribution in [0.4, 0.5) is 17.1 Å². The molecule has 0 atom stereocenters. The first kappa shape index (κ1) is 15.5. The first-order valence-electron chi connectivity index (χ1n) is 7.71. The van der Waals surface area contributed by atoms with Gasteiger partial charge in [0.25, 0.3) is 0 Å². The second-order valence-corrected chi connectivity index (χ2v) is 5.00. The third-order valence-corrected chi connectivity index (χ3v) is 3.37. The standard InChI is InChI=1S/C18H15N.C2H3N3/c1-4-10-16(11-5-1)19(17-12-6-2-7-13-17)18-14-8-3-9-15-18;1-2-4-5-3-1/h1-15H;1-2H,(H,3,4,5). The molecule has 0 aliphatic rings. The number of aromatic nitrogens is 3. The summed E-state index contributed by atoms with van der Waals surface area (Å²) in [4.78, 5) is 2.25. The average Bonchev–Trinajstić information content (AvgIpc) is 3.25. The average molecular weight is 314 g/mol. The number of benzene rings is 3. The highest BCUT2D eigenvalue weighted by molar-refractivity contribution is 5.76. The van der Waals surface area contributed by atoms with E-state index in [1.54, 1.807) is 12.4 Å². The van der Waals surface area contributed by atoms with Crippen molar-refractivity contribution in [2.45, 2.75) is 0 Å². The minimum Gasteiger partial charge on any atom is -0.311 e. The van der Waals surface area contributed by atoms with Gasteiger partial charge >= 0.3 is 0 Å². The molecule has 3 aromatic carbocycles. The summed E-state index contributed by atoms with van der Waals surface area (Å²) in [6.45, 7) is 0. The number of rotatable bonds is 3. The largest absolute Gasteiger partial charge is 0.311 e. The first-order chi connectivity index (χ1) is 11.9. The van der Waals surface area contributed by atoms with Crippen molar-refractivity contribution in [1.29, 1.82) is 0 Å². The summed E-state index contributed by atoms with van der Waals surface area (Å²) in [6, 6.07) is 31.3. The van der Waals surface area contributed by atoms with Crippen LogP contribution in [0.2, 0.25) is 0 Å². The van der Waals surface area contributed by atoms with Gasteiger partial charge < -0.3 is 4.90 Å². The van der Waals surface area contributed by atoms with Gasteiger partial charge in [-0.1, -0.05) is 59.8 Å². The van der Waals surface area contributed by atoms with Gasteiger partial charge in [-0.3, -0.25) is 5.10 Å². The fourth-order valence-electron chi connectivity index (χ4n) is 2.35. The molecular formula is C20H18N4. The predicted octanol–water partition coefficient (Wildman–Crippen LogP) is 4.96. The molecule has 0 bridgehead atoms. The summed E-state index contributed by atoms with van der Waals surface area (Å²) in [5.74, 6) is 0. The third-order valence-electron chi connectivity index (χ3n) is 3.37. The minimum absolute atomic E-state index is 1.17. The maximum absolute atomic E-state index is 3.42. The van der Waals surface area contributed by atoms with E-state index in [9.17, 15) is 0 Å². The van der Waals surface area contributed by atoms with Gasteiger partial charge in [0.1, 0.15) is 0 Å². The van der Waals surface area contributed by atoms with E-state index in [-0.39, 0.29) is 0 Å². The zero-order valence-electron chi connectivity index (χ0n) is 13.2. The molecule has 0 aliphatic carbocycles. The lowest BCUT2D eigenvalue weighted by Crippen LogP contribution is -2.09. The van der Waals surface area contributed by atoms with E-state index in [1.165, 1.54) is 17.1 Å². The minimum atomic E-state index is 1.17. The van der Waals surface area contributed by atoms with Crippen molar-refractivity contribution in [1.82, 2.24) is 15.4 Å². The second kappa shape index (κ2) is 8.29. The molecule has 0 unspecified atom stereocenters. The topological polar surface area (TPSA) is 44.8 Å². The number of H-pyrrole nitrogens is 1. The summed E-state index contributed by atoms with van der Waals surface area (Å²) in [7, 11) is 0. The molecule has 0 radical (unpaired) electrons. The van der Waals surface area contributed by atoms with Crippen LogP contribution in [0.5, 0.6) is 0 Å². The summed E-state index contributed by atoms with van der Waals surface area (Å²) < 4.78 is 0. The molecule has 4 aromatic rings. The molecule has 1 N–H and O–H groups in total. The van der Waals surface area contributed by atoms with Crippen LogP contribution in [0.25, 0.3) is 0 Å². The summed E-state index contributed by atoms with van der Waals surface area (Å²) in [6.07, 6.45) is 3.24. The van der Waals surface area contributed by atoms with Gasteiger partial charge in [-0.05, 0) is 36.4 Å². The third kappa shape index (κ3) is 4.08. The van der Waals surface area contributed by atoms with E-state index in [0.717, 1.165) is 0 Å². The maximum atomic E-state index is 3.42. The van der Waals surface area contributed by atoms with Gasteiger partial charge in [-0.25, -0.2) is 0 Å². The number of aromatic amines is 1. The van der Waals surface area contributed by atoms with Crippen LogP contribution in [0.3, 0.4) is 0 Å².